The minimum Gasteiger partial charge on any atom is -0.342 e. The summed E-state index contributed by atoms with van der Waals surface area (Å²) in [7, 11) is 0. The zero-order valence-electron chi connectivity index (χ0n) is 13.5. The second-order valence-corrected chi connectivity index (χ2v) is 6.31. The van der Waals surface area contributed by atoms with Gasteiger partial charge in [0, 0.05) is 46.2 Å². The maximum Gasteiger partial charge on any atom is 0.239 e. The lowest BCUT2D eigenvalue weighted by Crippen LogP contribution is -2.48. The molecule has 0 radical (unpaired) electrons. The van der Waals surface area contributed by atoms with E-state index in [0.717, 1.165) is 58.5 Å². The summed E-state index contributed by atoms with van der Waals surface area (Å²) in [5.41, 5.74) is 0. The van der Waals surface area contributed by atoms with E-state index in [9.17, 15) is 9.59 Å². The lowest BCUT2D eigenvalue weighted by Gasteiger charge is -2.31. The summed E-state index contributed by atoms with van der Waals surface area (Å²) in [5, 5.41) is 0. The number of amides is 2. The van der Waals surface area contributed by atoms with E-state index in [1.54, 1.807) is 6.92 Å². The van der Waals surface area contributed by atoms with Gasteiger partial charge in [-0.3, -0.25) is 14.5 Å². The number of likely N-dealkylation sites (tertiary alicyclic amines) is 1. The highest BCUT2D eigenvalue weighted by atomic mass is 16.2. The molecule has 0 spiro atoms. The molecule has 1 atom stereocenters. The lowest BCUT2D eigenvalue weighted by molar-refractivity contribution is -0.136. The van der Waals surface area contributed by atoms with Crippen LogP contribution in [0.15, 0.2) is 0 Å². The van der Waals surface area contributed by atoms with Crippen LogP contribution in [0.5, 0.6) is 0 Å². The molecule has 0 saturated carbocycles. The molecule has 5 nitrogen and oxygen atoms in total. The van der Waals surface area contributed by atoms with Gasteiger partial charge in [0.05, 0.1) is 6.04 Å². The SMILES string of the molecule is CC(=O)N1CCCN(C(C)C(=O)N2CCCCCC2)CC1. The summed E-state index contributed by atoms with van der Waals surface area (Å²) in [6, 6.07) is -0.0602. The van der Waals surface area contributed by atoms with Crippen LogP contribution in [0.4, 0.5) is 0 Å². The molecule has 1 unspecified atom stereocenters. The number of hydrogen-bond acceptors (Lipinski definition) is 3. The van der Waals surface area contributed by atoms with Crippen LogP contribution < -0.4 is 0 Å². The van der Waals surface area contributed by atoms with Gasteiger partial charge in [0.1, 0.15) is 0 Å². The monoisotopic (exact) mass is 295 g/mol. The topological polar surface area (TPSA) is 43.9 Å². The Morgan fingerprint density at radius 2 is 1.38 bits per heavy atom. The van der Waals surface area contributed by atoms with E-state index in [1.165, 1.54) is 12.8 Å². The third-order valence-electron chi connectivity index (χ3n) is 4.80. The number of rotatable bonds is 2. The van der Waals surface area contributed by atoms with Crippen molar-refractivity contribution in [2.45, 2.75) is 52.0 Å². The molecule has 0 bridgehead atoms. The Hall–Kier alpha value is -1.10. The van der Waals surface area contributed by atoms with Crippen molar-refractivity contribution in [3.8, 4) is 0 Å². The van der Waals surface area contributed by atoms with Crippen LogP contribution in [0.1, 0.15) is 46.0 Å². The smallest absolute Gasteiger partial charge is 0.239 e. The van der Waals surface area contributed by atoms with E-state index >= 15 is 0 Å². The third kappa shape index (κ3) is 4.43. The molecule has 0 N–H and O–H groups in total. The normalized spacial score (nSPS) is 23.3. The Morgan fingerprint density at radius 1 is 0.762 bits per heavy atom. The molecule has 2 heterocycles. The minimum absolute atomic E-state index is 0.0602. The average molecular weight is 295 g/mol. The van der Waals surface area contributed by atoms with Gasteiger partial charge in [0.15, 0.2) is 0 Å². The molecule has 2 fully saturated rings. The largest absolute Gasteiger partial charge is 0.342 e. The first-order valence-corrected chi connectivity index (χ1v) is 8.38. The molecular weight excluding hydrogens is 266 g/mol. The van der Waals surface area contributed by atoms with Crippen molar-refractivity contribution in [3.05, 3.63) is 0 Å². The zero-order valence-corrected chi connectivity index (χ0v) is 13.5. The highest BCUT2D eigenvalue weighted by Gasteiger charge is 2.28. The number of nitrogens with zero attached hydrogens (tertiary/aromatic N) is 3. The third-order valence-corrected chi connectivity index (χ3v) is 4.80. The molecule has 21 heavy (non-hydrogen) atoms. The molecule has 2 rings (SSSR count). The van der Waals surface area contributed by atoms with Gasteiger partial charge in [-0.05, 0) is 26.2 Å². The van der Waals surface area contributed by atoms with Crippen molar-refractivity contribution in [2.75, 3.05) is 39.3 Å². The molecule has 2 aliphatic rings. The predicted octanol–water partition coefficient (Wildman–Crippen LogP) is 1.33. The van der Waals surface area contributed by atoms with Crippen LogP contribution in [0.2, 0.25) is 0 Å². The fourth-order valence-corrected chi connectivity index (χ4v) is 3.35. The number of carbonyl (C=O) groups is 2. The van der Waals surface area contributed by atoms with Crippen LogP contribution in [-0.4, -0.2) is 71.8 Å². The van der Waals surface area contributed by atoms with Gasteiger partial charge in [-0.1, -0.05) is 12.8 Å². The maximum atomic E-state index is 12.7. The quantitative estimate of drug-likeness (QED) is 0.772. The summed E-state index contributed by atoms with van der Waals surface area (Å²) in [5.74, 6) is 0.413. The molecule has 120 valence electrons. The van der Waals surface area contributed by atoms with Gasteiger partial charge in [-0.2, -0.15) is 0 Å². The Labute approximate surface area is 128 Å². The van der Waals surface area contributed by atoms with Gasteiger partial charge in [-0.25, -0.2) is 0 Å². The molecule has 0 aliphatic carbocycles. The van der Waals surface area contributed by atoms with Crippen LogP contribution >= 0.6 is 0 Å². The van der Waals surface area contributed by atoms with E-state index in [2.05, 4.69) is 4.90 Å². The molecular formula is C16H29N3O2. The molecule has 2 amide bonds. The summed E-state index contributed by atoms with van der Waals surface area (Å²) in [4.78, 5) is 30.3. The second-order valence-electron chi connectivity index (χ2n) is 6.31. The van der Waals surface area contributed by atoms with Gasteiger partial charge >= 0.3 is 0 Å². The lowest BCUT2D eigenvalue weighted by atomic mass is 10.2. The van der Waals surface area contributed by atoms with Crippen molar-refractivity contribution in [1.29, 1.82) is 0 Å². The molecule has 2 aliphatic heterocycles. The molecule has 2 saturated heterocycles. The first-order chi connectivity index (χ1) is 10.1. The van der Waals surface area contributed by atoms with Crippen molar-refractivity contribution < 1.29 is 9.59 Å². The zero-order chi connectivity index (χ0) is 15.2. The van der Waals surface area contributed by atoms with E-state index in [-0.39, 0.29) is 17.9 Å². The first kappa shape index (κ1) is 16.3. The second kappa shape index (κ2) is 7.78. The van der Waals surface area contributed by atoms with Crippen LogP contribution in [0.25, 0.3) is 0 Å². The predicted molar refractivity (Wildman–Crippen MR) is 83.0 cm³/mol. The highest BCUT2D eigenvalue weighted by Crippen LogP contribution is 2.14. The van der Waals surface area contributed by atoms with Gasteiger partial charge in [0.2, 0.25) is 11.8 Å². The van der Waals surface area contributed by atoms with Crippen molar-refractivity contribution in [2.24, 2.45) is 0 Å². The summed E-state index contributed by atoms with van der Waals surface area (Å²) in [6.45, 7) is 8.75. The fourth-order valence-electron chi connectivity index (χ4n) is 3.35. The van der Waals surface area contributed by atoms with Crippen LogP contribution in [0, 0.1) is 0 Å². The maximum absolute atomic E-state index is 12.7. The van der Waals surface area contributed by atoms with Gasteiger partial charge in [0.25, 0.3) is 0 Å². The Balaban J connectivity index is 1.90. The van der Waals surface area contributed by atoms with Gasteiger partial charge < -0.3 is 9.80 Å². The van der Waals surface area contributed by atoms with Crippen molar-refractivity contribution in [1.82, 2.24) is 14.7 Å². The number of hydrogen-bond donors (Lipinski definition) is 0. The van der Waals surface area contributed by atoms with Crippen molar-refractivity contribution >= 4 is 11.8 Å². The van der Waals surface area contributed by atoms with Gasteiger partial charge in [-0.15, -0.1) is 0 Å². The van der Waals surface area contributed by atoms with Crippen molar-refractivity contribution in [3.63, 3.8) is 0 Å². The fraction of sp³-hybridized carbons (Fsp3) is 0.875. The first-order valence-electron chi connectivity index (χ1n) is 8.38. The van der Waals surface area contributed by atoms with Crippen LogP contribution in [-0.2, 0) is 9.59 Å². The highest BCUT2D eigenvalue weighted by molar-refractivity contribution is 5.81. The summed E-state index contributed by atoms with van der Waals surface area (Å²) >= 11 is 0. The van der Waals surface area contributed by atoms with E-state index in [1.807, 2.05) is 16.7 Å². The molecule has 5 heteroatoms. The molecule has 0 aromatic carbocycles. The summed E-state index contributed by atoms with van der Waals surface area (Å²) in [6.07, 6.45) is 5.72. The minimum atomic E-state index is -0.0602. The summed E-state index contributed by atoms with van der Waals surface area (Å²) < 4.78 is 0. The Kier molecular flexibility index (Phi) is 6.03. The van der Waals surface area contributed by atoms with E-state index < -0.39 is 0 Å². The van der Waals surface area contributed by atoms with E-state index in [0.29, 0.717) is 0 Å². The average Bonchev–Trinajstić information content (AvgIpc) is 2.88. The Morgan fingerprint density at radius 3 is 2.00 bits per heavy atom. The number of carbonyl (C=O) groups excluding carboxylic acids is 2. The van der Waals surface area contributed by atoms with E-state index in [4.69, 9.17) is 0 Å². The van der Waals surface area contributed by atoms with Crippen LogP contribution in [0.3, 0.4) is 0 Å². The standard InChI is InChI=1S/C16H29N3O2/c1-14(16(21)19-8-5-3-4-6-9-19)17-10-7-11-18(13-12-17)15(2)20/h14H,3-13H2,1-2H3. The molecule has 0 aromatic rings. The molecule has 0 aromatic heterocycles. The Bertz CT molecular complexity index is 365.